The van der Waals surface area contributed by atoms with Crippen LogP contribution in [0.2, 0.25) is 5.02 Å². The highest BCUT2D eigenvalue weighted by atomic mass is 35.5. The highest BCUT2D eigenvalue weighted by Crippen LogP contribution is 2.36. The van der Waals surface area contributed by atoms with Crippen molar-refractivity contribution < 1.29 is 8.98 Å². The average molecular weight is 345 g/mol. The van der Waals surface area contributed by atoms with Gasteiger partial charge in [0.25, 0.3) is 0 Å². The molecule has 0 saturated heterocycles. The molecule has 0 bridgehead atoms. The van der Waals surface area contributed by atoms with Gasteiger partial charge < -0.3 is 9.92 Å². The SMILES string of the molecule is CCCCC(CC)Cc1cnc(N)c(Cl)c1SOC(=O)CC. The molecule has 1 unspecified atom stereocenters. The standard InChI is InChI=1S/C16H25ClN2O2S/c1-4-7-8-11(5-2)9-12-10-19-16(18)14(17)15(12)22-21-13(20)6-3/h10-11H,4-9H2,1-3H3,(H2,18,19). The molecule has 1 aromatic heterocycles. The van der Waals surface area contributed by atoms with Crippen LogP contribution in [0.4, 0.5) is 5.82 Å². The molecule has 1 heterocycles. The molecule has 6 heteroatoms. The highest BCUT2D eigenvalue weighted by molar-refractivity contribution is 7.95. The number of aromatic nitrogens is 1. The van der Waals surface area contributed by atoms with Gasteiger partial charge in [-0.25, -0.2) is 4.98 Å². The lowest BCUT2D eigenvalue weighted by atomic mass is 9.92. The smallest absolute Gasteiger partial charge is 0.317 e. The summed E-state index contributed by atoms with van der Waals surface area (Å²) in [4.78, 5) is 16.2. The van der Waals surface area contributed by atoms with Crippen LogP contribution < -0.4 is 5.73 Å². The van der Waals surface area contributed by atoms with Gasteiger partial charge in [-0.1, -0.05) is 58.1 Å². The zero-order valence-corrected chi connectivity index (χ0v) is 15.1. The lowest BCUT2D eigenvalue weighted by molar-refractivity contribution is -0.132. The molecule has 124 valence electrons. The van der Waals surface area contributed by atoms with Crippen LogP contribution in [0.5, 0.6) is 0 Å². The summed E-state index contributed by atoms with van der Waals surface area (Å²) in [5.41, 5.74) is 6.77. The molecule has 1 rings (SSSR count). The maximum absolute atomic E-state index is 11.4. The minimum Gasteiger partial charge on any atom is -0.386 e. The summed E-state index contributed by atoms with van der Waals surface area (Å²) >= 11 is 7.25. The molecule has 0 saturated carbocycles. The molecule has 0 aliphatic rings. The number of anilines is 1. The average Bonchev–Trinajstić information content (AvgIpc) is 2.53. The third-order valence-corrected chi connectivity index (χ3v) is 5.03. The van der Waals surface area contributed by atoms with Crippen LogP contribution in [0.15, 0.2) is 11.1 Å². The van der Waals surface area contributed by atoms with E-state index in [4.69, 9.17) is 21.5 Å². The van der Waals surface area contributed by atoms with Gasteiger partial charge in [-0.15, -0.1) is 0 Å². The normalized spacial score (nSPS) is 12.2. The summed E-state index contributed by atoms with van der Waals surface area (Å²) in [7, 11) is 0. The van der Waals surface area contributed by atoms with E-state index >= 15 is 0 Å². The maximum atomic E-state index is 11.4. The third-order valence-electron chi connectivity index (χ3n) is 3.63. The summed E-state index contributed by atoms with van der Waals surface area (Å²) in [5.74, 6) is 0.560. The Balaban J connectivity index is 2.92. The number of carbonyl (C=O) groups excluding carboxylic acids is 1. The zero-order chi connectivity index (χ0) is 16.5. The number of rotatable bonds is 9. The number of nitrogen functional groups attached to an aromatic ring is 1. The van der Waals surface area contributed by atoms with E-state index in [0.717, 1.165) is 30.4 Å². The molecule has 1 atom stereocenters. The second-order valence-electron chi connectivity index (χ2n) is 5.32. The van der Waals surface area contributed by atoms with E-state index in [1.807, 2.05) is 0 Å². The van der Waals surface area contributed by atoms with Crippen molar-refractivity contribution in [2.24, 2.45) is 5.92 Å². The fraction of sp³-hybridized carbons (Fsp3) is 0.625. The van der Waals surface area contributed by atoms with Gasteiger partial charge in [0.2, 0.25) is 0 Å². The number of hydrogen-bond donors (Lipinski definition) is 1. The molecule has 0 fully saturated rings. The number of pyridine rings is 1. The van der Waals surface area contributed by atoms with Crippen molar-refractivity contribution in [3.8, 4) is 0 Å². The van der Waals surface area contributed by atoms with E-state index in [2.05, 4.69) is 18.8 Å². The Morgan fingerprint density at radius 1 is 1.45 bits per heavy atom. The van der Waals surface area contributed by atoms with Crippen molar-refractivity contribution in [2.45, 2.75) is 64.2 Å². The Morgan fingerprint density at radius 3 is 2.77 bits per heavy atom. The molecule has 0 radical (unpaired) electrons. The molecule has 0 aliphatic heterocycles. The van der Waals surface area contributed by atoms with Crippen molar-refractivity contribution in [1.29, 1.82) is 0 Å². The van der Waals surface area contributed by atoms with Crippen LogP contribution in [0, 0.1) is 5.92 Å². The van der Waals surface area contributed by atoms with Crippen molar-refractivity contribution in [3.63, 3.8) is 0 Å². The number of nitrogens with zero attached hydrogens (tertiary/aromatic N) is 1. The van der Waals surface area contributed by atoms with Gasteiger partial charge in [-0.3, -0.25) is 4.79 Å². The van der Waals surface area contributed by atoms with Crippen molar-refractivity contribution in [1.82, 2.24) is 4.98 Å². The first-order valence-electron chi connectivity index (χ1n) is 7.83. The lowest BCUT2D eigenvalue weighted by Gasteiger charge is -2.17. The van der Waals surface area contributed by atoms with Crippen LogP contribution in [0.1, 0.15) is 58.4 Å². The van der Waals surface area contributed by atoms with Crippen molar-refractivity contribution in [2.75, 3.05) is 5.73 Å². The molecule has 4 nitrogen and oxygen atoms in total. The second kappa shape index (κ2) is 9.95. The van der Waals surface area contributed by atoms with Gasteiger partial charge in [0.15, 0.2) is 0 Å². The van der Waals surface area contributed by atoms with Crippen LogP contribution in [0.25, 0.3) is 0 Å². The molecule has 2 N–H and O–H groups in total. The summed E-state index contributed by atoms with van der Waals surface area (Å²) in [6.45, 7) is 6.14. The molecule has 1 aromatic rings. The first-order valence-corrected chi connectivity index (χ1v) is 8.95. The number of hydrogen-bond acceptors (Lipinski definition) is 5. The predicted molar refractivity (Wildman–Crippen MR) is 92.9 cm³/mol. The minimum atomic E-state index is -0.277. The Kier molecular flexibility index (Phi) is 8.64. The second-order valence-corrected chi connectivity index (χ2v) is 6.44. The van der Waals surface area contributed by atoms with E-state index in [-0.39, 0.29) is 11.8 Å². The van der Waals surface area contributed by atoms with E-state index < -0.39 is 0 Å². The van der Waals surface area contributed by atoms with E-state index in [9.17, 15) is 4.79 Å². The number of halogens is 1. The van der Waals surface area contributed by atoms with Gasteiger partial charge in [0.05, 0.1) is 22.0 Å². The quantitative estimate of drug-likeness (QED) is 0.636. The van der Waals surface area contributed by atoms with Gasteiger partial charge in [0, 0.05) is 12.6 Å². The summed E-state index contributed by atoms with van der Waals surface area (Å²) in [6, 6.07) is 0. The van der Waals surface area contributed by atoms with Gasteiger partial charge in [-0.05, 0) is 17.9 Å². The fourth-order valence-electron chi connectivity index (χ4n) is 2.16. The summed E-state index contributed by atoms with van der Waals surface area (Å²) in [5, 5.41) is 0.372. The Bertz CT molecular complexity index is 497. The van der Waals surface area contributed by atoms with Gasteiger partial charge in [-0.2, -0.15) is 0 Å². The first-order chi connectivity index (χ1) is 10.5. The largest absolute Gasteiger partial charge is 0.386 e. The first kappa shape index (κ1) is 19.1. The minimum absolute atomic E-state index is 0.266. The van der Waals surface area contributed by atoms with Gasteiger partial charge >= 0.3 is 5.97 Å². The predicted octanol–water partition coefficient (Wildman–Crippen LogP) is 5.04. The Morgan fingerprint density at radius 2 is 2.18 bits per heavy atom. The Labute approximate surface area is 142 Å². The van der Waals surface area contributed by atoms with Crippen LogP contribution in [0.3, 0.4) is 0 Å². The van der Waals surface area contributed by atoms with Crippen LogP contribution >= 0.6 is 23.6 Å². The molecule has 0 spiro atoms. The topological polar surface area (TPSA) is 65.2 Å². The molecule has 0 aliphatic carbocycles. The fourth-order valence-corrected chi connectivity index (χ4v) is 3.14. The lowest BCUT2D eigenvalue weighted by Crippen LogP contribution is -2.07. The monoisotopic (exact) mass is 344 g/mol. The molecular weight excluding hydrogens is 320 g/mol. The molecule has 22 heavy (non-hydrogen) atoms. The Hall–Kier alpha value is -0.940. The van der Waals surface area contributed by atoms with Crippen LogP contribution in [-0.2, 0) is 15.4 Å². The van der Waals surface area contributed by atoms with Crippen molar-refractivity contribution >= 4 is 35.4 Å². The van der Waals surface area contributed by atoms with Crippen molar-refractivity contribution in [3.05, 3.63) is 16.8 Å². The number of unbranched alkanes of at least 4 members (excludes halogenated alkanes) is 1. The molecular formula is C16H25ClN2O2S. The number of carbonyl (C=O) groups is 1. The zero-order valence-electron chi connectivity index (χ0n) is 13.5. The number of nitrogens with two attached hydrogens (primary N) is 1. The molecule has 0 aromatic carbocycles. The van der Waals surface area contributed by atoms with Crippen LogP contribution in [-0.4, -0.2) is 11.0 Å². The maximum Gasteiger partial charge on any atom is 0.317 e. The van der Waals surface area contributed by atoms with E-state index in [1.165, 1.54) is 19.3 Å². The summed E-state index contributed by atoms with van der Waals surface area (Å²) < 4.78 is 5.16. The highest BCUT2D eigenvalue weighted by Gasteiger charge is 2.18. The van der Waals surface area contributed by atoms with E-state index in [1.54, 1.807) is 13.1 Å². The summed E-state index contributed by atoms with van der Waals surface area (Å²) in [6.07, 6.45) is 7.62. The third kappa shape index (κ3) is 5.69. The molecule has 0 amide bonds. The van der Waals surface area contributed by atoms with Gasteiger partial charge in [0.1, 0.15) is 5.82 Å². The van der Waals surface area contributed by atoms with E-state index in [0.29, 0.717) is 22.3 Å².